The number of amidine groups is 1. The van der Waals surface area contributed by atoms with Crippen molar-refractivity contribution < 1.29 is 4.79 Å². The monoisotopic (exact) mass is 284 g/mol. The number of nitrogens with zero attached hydrogens (tertiary/aromatic N) is 2. The molecule has 0 saturated heterocycles. The first-order chi connectivity index (χ1) is 9.66. The summed E-state index contributed by atoms with van der Waals surface area (Å²) >= 11 is 1.66. The van der Waals surface area contributed by atoms with Gasteiger partial charge >= 0.3 is 0 Å². The molecule has 0 unspecified atom stereocenters. The number of hydrogen-bond donors (Lipinski definition) is 0. The zero-order valence-corrected chi connectivity index (χ0v) is 12.4. The van der Waals surface area contributed by atoms with Gasteiger partial charge in [-0.15, -0.1) is 0 Å². The first-order valence-corrected chi connectivity index (χ1v) is 7.54. The molecule has 0 aliphatic carbocycles. The van der Waals surface area contributed by atoms with Crippen molar-refractivity contribution in [1.82, 2.24) is 0 Å². The summed E-state index contributed by atoms with van der Waals surface area (Å²) in [6.45, 7) is 4.49. The predicted molar refractivity (Wildman–Crippen MR) is 86.5 cm³/mol. The number of hydrogen-bond acceptors (Lipinski definition) is 3. The number of aliphatic imine (C=N–C) groups is 1. The number of rotatable bonds is 1. The van der Waals surface area contributed by atoms with Gasteiger partial charge in [0.05, 0.1) is 12.2 Å². The minimum atomic E-state index is 0.00158. The van der Waals surface area contributed by atoms with Crippen LogP contribution in [0.2, 0.25) is 0 Å². The smallest absolute Gasteiger partial charge is 0.230 e. The largest absolute Gasteiger partial charge is 0.274 e. The zero-order chi connectivity index (χ0) is 14.1. The van der Waals surface area contributed by atoms with Crippen LogP contribution in [0.1, 0.15) is 13.8 Å². The Morgan fingerprint density at radius 2 is 2.00 bits per heavy atom. The van der Waals surface area contributed by atoms with E-state index >= 15 is 0 Å². The van der Waals surface area contributed by atoms with E-state index in [2.05, 4.69) is 24.0 Å². The molecule has 102 valence electrons. The molecule has 0 aromatic heterocycles. The van der Waals surface area contributed by atoms with Gasteiger partial charge in [-0.05, 0) is 11.5 Å². The van der Waals surface area contributed by atoms with Gasteiger partial charge in [0.2, 0.25) is 5.91 Å². The molecule has 1 aliphatic heterocycles. The minimum Gasteiger partial charge on any atom is -0.274 e. The van der Waals surface area contributed by atoms with Gasteiger partial charge in [0.15, 0.2) is 5.17 Å². The zero-order valence-electron chi connectivity index (χ0n) is 11.5. The summed E-state index contributed by atoms with van der Waals surface area (Å²) in [5.41, 5.74) is 0.913. The summed E-state index contributed by atoms with van der Waals surface area (Å²) in [6, 6.07) is 14.1. The number of carbonyl (C=O) groups is 1. The number of fused-ring (bicyclic) bond motifs is 1. The van der Waals surface area contributed by atoms with Gasteiger partial charge in [-0.2, -0.15) is 0 Å². The quantitative estimate of drug-likeness (QED) is 0.800. The molecular formula is C16H16N2OS. The topological polar surface area (TPSA) is 32.7 Å². The third-order valence-electron chi connectivity index (χ3n) is 3.30. The lowest BCUT2D eigenvalue weighted by Crippen LogP contribution is -2.32. The fraction of sp³-hybridized carbons (Fsp3) is 0.250. The molecule has 2 aromatic carbocycles. The van der Waals surface area contributed by atoms with Gasteiger partial charge in [0, 0.05) is 17.6 Å². The minimum absolute atomic E-state index is 0.00158. The van der Waals surface area contributed by atoms with Crippen molar-refractivity contribution in [1.29, 1.82) is 0 Å². The average molecular weight is 284 g/mol. The van der Waals surface area contributed by atoms with Crippen molar-refractivity contribution >= 4 is 39.3 Å². The molecular weight excluding hydrogens is 268 g/mol. The van der Waals surface area contributed by atoms with E-state index in [0.29, 0.717) is 5.25 Å². The summed E-state index contributed by atoms with van der Waals surface area (Å²) in [5, 5.41) is 3.45. The van der Waals surface area contributed by atoms with E-state index in [0.717, 1.165) is 28.2 Å². The fourth-order valence-corrected chi connectivity index (χ4v) is 3.39. The van der Waals surface area contributed by atoms with Crippen LogP contribution >= 0.6 is 11.8 Å². The number of anilines is 1. The molecule has 0 bridgehead atoms. The molecule has 0 saturated carbocycles. The van der Waals surface area contributed by atoms with Crippen LogP contribution in [0.3, 0.4) is 0 Å². The summed E-state index contributed by atoms with van der Waals surface area (Å²) in [5.74, 6) is 0.00158. The van der Waals surface area contributed by atoms with Crippen LogP contribution in [0.15, 0.2) is 47.5 Å². The van der Waals surface area contributed by atoms with Crippen molar-refractivity contribution in [2.75, 3.05) is 11.4 Å². The van der Waals surface area contributed by atoms with E-state index < -0.39 is 0 Å². The van der Waals surface area contributed by atoms with E-state index in [1.165, 1.54) is 0 Å². The highest BCUT2D eigenvalue weighted by atomic mass is 32.2. The van der Waals surface area contributed by atoms with Gasteiger partial charge in [0.1, 0.15) is 0 Å². The lowest BCUT2D eigenvalue weighted by atomic mass is 10.1. The average Bonchev–Trinajstić information content (AvgIpc) is 2.85. The molecule has 3 nitrogen and oxygen atoms in total. The summed E-state index contributed by atoms with van der Waals surface area (Å²) in [6.07, 6.45) is 0. The Kier molecular flexibility index (Phi) is 3.49. The lowest BCUT2D eigenvalue weighted by Gasteiger charge is -2.22. The van der Waals surface area contributed by atoms with E-state index in [1.807, 2.05) is 30.3 Å². The maximum absolute atomic E-state index is 12.1. The van der Waals surface area contributed by atoms with Gasteiger partial charge in [-0.25, -0.2) is 0 Å². The Balaban J connectivity index is 2.13. The second-order valence-corrected chi connectivity index (χ2v) is 6.31. The molecule has 1 atom stereocenters. The van der Waals surface area contributed by atoms with Crippen molar-refractivity contribution in [3.8, 4) is 0 Å². The molecule has 1 heterocycles. The lowest BCUT2D eigenvalue weighted by molar-refractivity contribution is -0.115. The van der Waals surface area contributed by atoms with Crippen molar-refractivity contribution in [3.05, 3.63) is 42.5 Å². The summed E-state index contributed by atoms with van der Waals surface area (Å²) < 4.78 is 0. The van der Waals surface area contributed by atoms with E-state index in [9.17, 15) is 4.79 Å². The van der Waals surface area contributed by atoms with E-state index in [1.54, 1.807) is 23.6 Å². The van der Waals surface area contributed by atoms with Crippen LogP contribution < -0.4 is 4.90 Å². The number of benzene rings is 2. The fourth-order valence-electron chi connectivity index (χ4n) is 2.40. The molecule has 0 N–H and O–H groups in total. The molecule has 20 heavy (non-hydrogen) atoms. The molecule has 4 heteroatoms. The Morgan fingerprint density at radius 3 is 2.70 bits per heavy atom. The van der Waals surface area contributed by atoms with Crippen LogP contribution in [-0.2, 0) is 4.79 Å². The predicted octanol–water partition coefficient (Wildman–Crippen LogP) is 3.68. The standard InChI is InChI=1S/C16H16N2OS/c1-11-10-17-16(20-11)18(12(2)19)15-9-5-7-13-6-3-4-8-14(13)15/h3-9,11H,10H2,1-2H3/t11-/m1/s1. The number of thioether (sulfide) groups is 1. The highest BCUT2D eigenvalue weighted by molar-refractivity contribution is 8.15. The third kappa shape index (κ3) is 2.31. The normalized spacial score (nSPS) is 18.1. The maximum atomic E-state index is 12.1. The van der Waals surface area contributed by atoms with Gasteiger partial charge < -0.3 is 0 Å². The summed E-state index contributed by atoms with van der Waals surface area (Å²) in [4.78, 5) is 18.4. The molecule has 1 aliphatic rings. The highest BCUT2D eigenvalue weighted by Gasteiger charge is 2.26. The summed E-state index contributed by atoms with van der Waals surface area (Å²) in [7, 11) is 0. The number of carbonyl (C=O) groups excluding carboxylic acids is 1. The maximum Gasteiger partial charge on any atom is 0.230 e. The van der Waals surface area contributed by atoms with Crippen LogP contribution in [0.25, 0.3) is 10.8 Å². The van der Waals surface area contributed by atoms with E-state index in [4.69, 9.17) is 0 Å². The first kappa shape index (κ1) is 13.2. The molecule has 3 rings (SSSR count). The molecule has 0 fully saturated rings. The SMILES string of the molecule is CC(=O)N(C1=NC[C@@H](C)S1)c1cccc2ccccc12. The van der Waals surface area contributed by atoms with Gasteiger partial charge in [-0.3, -0.25) is 14.7 Å². The molecule has 0 spiro atoms. The Labute approximate surface area is 122 Å². The van der Waals surface area contributed by atoms with Crippen LogP contribution in [0.4, 0.5) is 5.69 Å². The van der Waals surface area contributed by atoms with Gasteiger partial charge in [-0.1, -0.05) is 55.1 Å². The molecule has 0 radical (unpaired) electrons. The molecule has 2 aromatic rings. The number of amides is 1. The third-order valence-corrected chi connectivity index (χ3v) is 4.38. The first-order valence-electron chi connectivity index (χ1n) is 6.66. The van der Waals surface area contributed by atoms with Crippen LogP contribution in [0, 0.1) is 0 Å². The molecule has 1 amide bonds. The van der Waals surface area contributed by atoms with Crippen molar-refractivity contribution in [2.45, 2.75) is 19.1 Å². The highest BCUT2D eigenvalue weighted by Crippen LogP contribution is 2.32. The van der Waals surface area contributed by atoms with Gasteiger partial charge in [0.25, 0.3) is 0 Å². The van der Waals surface area contributed by atoms with Crippen molar-refractivity contribution in [2.24, 2.45) is 4.99 Å². The Hall–Kier alpha value is -1.81. The van der Waals surface area contributed by atoms with E-state index in [-0.39, 0.29) is 5.91 Å². The Morgan fingerprint density at radius 1 is 1.25 bits per heavy atom. The Bertz CT molecular complexity index is 690. The van der Waals surface area contributed by atoms with Crippen molar-refractivity contribution in [3.63, 3.8) is 0 Å². The van der Waals surface area contributed by atoms with Crippen LogP contribution in [-0.4, -0.2) is 22.9 Å². The van der Waals surface area contributed by atoms with Crippen LogP contribution in [0.5, 0.6) is 0 Å². The second-order valence-electron chi connectivity index (χ2n) is 4.90. The second kappa shape index (κ2) is 5.29.